The van der Waals surface area contributed by atoms with Crippen molar-refractivity contribution in [3.05, 3.63) is 87.0 Å². The minimum atomic E-state index is -2.78. The van der Waals surface area contributed by atoms with Crippen molar-refractivity contribution in [3.63, 3.8) is 0 Å². The number of benzene rings is 3. The number of nitrogens with zero attached hydrogens (tertiary/aromatic N) is 5. The van der Waals surface area contributed by atoms with Crippen LogP contribution in [0.4, 0.5) is 33.2 Å². The van der Waals surface area contributed by atoms with Crippen LogP contribution in [0.2, 0.25) is 5.02 Å². The molecule has 0 bridgehead atoms. The number of hydrogen-bond acceptors (Lipinski definition) is 13. The number of halogens is 3. The van der Waals surface area contributed by atoms with Crippen molar-refractivity contribution >= 4 is 91.7 Å². The number of piperidine rings is 2. The zero-order valence-electron chi connectivity index (χ0n) is 34.6. The smallest absolute Gasteiger partial charge is 0.234 e. The largest absolute Gasteiger partial charge is 0.494 e. The summed E-state index contributed by atoms with van der Waals surface area (Å²) in [6.07, 6.45) is 8.66. The number of carbonyl (C=O) groups is 2. The lowest BCUT2D eigenvalue weighted by atomic mass is 9.89. The van der Waals surface area contributed by atoms with E-state index in [4.69, 9.17) is 21.3 Å². The number of amides is 2. The molecule has 0 radical (unpaired) electrons. The zero-order chi connectivity index (χ0) is 43.3. The van der Waals surface area contributed by atoms with Gasteiger partial charge in [-0.2, -0.15) is 4.98 Å². The number of methoxy groups -OCH3 is 1. The molecule has 2 amide bonds. The number of rotatable bonds is 16. The summed E-state index contributed by atoms with van der Waals surface area (Å²) in [5.74, 6) is -0.495. The quantitative estimate of drug-likeness (QED) is 0.0382. The Morgan fingerprint density at radius 2 is 1.77 bits per heavy atom. The number of carbonyl (C=O) groups excluding carboxylic acids is 2. The molecule has 2 saturated heterocycles. The van der Waals surface area contributed by atoms with E-state index >= 15 is 0 Å². The Morgan fingerprint density at radius 1 is 0.984 bits per heavy atom. The van der Waals surface area contributed by atoms with E-state index in [0.29, 0.717) is 73.6 Å². The van der Waals surface area contributed by atoms with Crippen molar-refractivity contribution in [2.24, 2.45) is 0 Å². The molecule has 322 valence electrons. The normalized spacial score (nSPS) is 16.2. The van der Waals surface area contributed by atoms with Gasteiger partial charge in [0.25, 0.3) is 0 Å². The summed E-state index contributed by atoms with van der Waals surface area (Å²) in [5.41, 5.74) is 5.84. The van der Waals surface area contributed by atoms with Crippen molar-refractivity contribution in [2.75, 3.05) is 68.7 Å². The van der Waals surface area contributed by atoms with Gasteiger partial charge < -0.3 is 35.5 Å². The van der Waals surface area contributed by atoms with E-state index in [9.17, 15) is 18.5 Å². The lowest BCUT2D eigenvalue weighted by Crippen LogP contribution is -2.44. The SMILES string of the molecule is CCc1cc(Nc2ncc(Br)c(Nc3ccc4nccnc4c3P(C)(C)=O)n2)c(OC)cc1N1CCC(NCCNCCc2cc(F)c(C3CCC(=O)NC3=O)cc2Cl)CC1. The van der Waals surface area contributed by atoms with Crippen LogP contribution in [0.15, 0.2) is 59.5 Å². The van der Waals surface area contributed by atoms with Crippen LogP contribution in [0, 0.1) is 5.82 Å². The predicted molar refractivity (Wildman–Crippen MR) is 244 cm³/mol. The molecule has 2 aromatic heterocycles. The fraction of sp³-hybridized carbons (Fsp3) is 0.395. The van der Waals surface area contributed by atoms with E-state index in [1.54, 1.807) is 39.0 Å². The van der Waals surface area contributed by atoms with E-state index in [2.05, 4.69) is 81.4 Å². The first-order chi connectivity index (χ1) is 29.3. The van der Waals surface area contributed by atoms with Gasteiger partial charge in [-0.1, -0.05) is 18.5 Å². The van der Waals surface area contributed by atoms with Crippen molar-refractivity contribution in [3.8, 4) is 5.75 Å². The molecule has 14 nitrogen and oxygen atoms in total. The van der Waals surface area contributed by atoms with E-state index in [-0.39, 0.29) is 24.3 Å². The molecular weight excluding hydrogens is 886 g/mol. The average Bonchev–Trinajstić information content (AvgIpc) is 3.24. The Labute approximate surface area is 368 Å². The van der Waals surface area contributed by atoms with Gasteiger partial charge in [0.2, 0.25) is 17.8 Å². The third kappa shape index (κ3) is 10.5. The van der Waals surface area contributed by atoms with E-state index in [0.717, 1.165) is 56.8 Å². The van der Waals surface area contributed by atoms with Gasteiger partial charge in [-0.05, 0) is 109 Å². The maximum Gasteiger partial charge on any atom is 0.234 e. The van der Waals surface area contributed by atoms with Gasteiger partial charge in [-0.3, -0.25) is 24.9 Å². The predicted octanol–water partition coefficient (Wildman–Crippen LogP) is 7.19. The Morgan fingerprint density at radius 3 is 2.51 bits per heavy atom. The molecule has 61 heavy (non-hydrogen) atoms. The summed E-state index contributed by atoms with van der Waals surface area (Å²) in [5, 5.41) is 17.1. The van der Waals surface area contributed by atoms with Gasteiger partial charge in [-0.15, -0.1) is 0 Å². The van der Waals surface area contributed by atoms with Crippen LogP contribution in [0.1, 0.15) is 55.2 Å². The summed E-state index contributed by atoms with van der Waals surface area (Å²) >= 11 is 10.1. The van der Waals surface area contributed by atoms with Crippen molar-refractivity contribution in [1.29, 1.82) is 0 Å². The minimum absolute atomic E-state index is 0.179. The van der Waals surface area contributed by atoms with Gasteiger partial charge in [0.05, 0.1) is 39.7 Å². The molecule has 4 heterocycles. The molecule has 5 N–H and O–H groups in total. The van der Waals surface area contributed by atoms with Gasteiger partial charge in [0, 0.05) is 79.6 Å². The second-order valence-corrected chi connectivity index (χ2v) is 20.0. The number of aromatic nitrogens is 4. The summed E-state index contributed by atoms with van der Waals surface area (Å²) in [4.78, 5) is 44.4. The minimum Gasteiger partial charge on any atom is -0.494 e. The second-order valence-electron chi connectivity index (χ2n) is 15.6. The first-order valence-corrected chi connectivity index (χ1v) is 24.2. The van der Waals surface area contributed by atoms with Crippen molar-refractivity contribution < 1.29 is 23.3 Å². The molecule has 7 rings (SSSR count). The number of imide groups is 1. The molecule has 2 aliphatic rings. The van der Waals surface area contributed by atoms with Gasteiger partial charge in [-0.25, -0.2) is 9.37 Å². The van der Waals surface area contributed by atoms with E-state index in [1.165, 1.54) is 17.7 Å². The van der Waals surface area contributed by atoms with Gasteiger partial charge in [0.15, 0.2) is 0 Å². The lowest BCUT2D eigenvalue weighted by molar-refractivity contribution is -0.134. The Kier molecular flexibility index (Phi) is 14.2. The molecule has 1 unspecified atom stereocenters. The van der Waals surface area contributed by atoms with Crippen molar-refractivity contribution in [1.82, 2.24) is 35.9 Å². The Bertz CT molecular complexity index is 2480. The molecule has 5 aromatic rings. The summed E-state index contributed by atoms with van der Waals surface area (Å²) in [7, 11) is -1.13. The number of fused-ring (bicyclic) bond motifs is 1. The van der Waals surface area contributed by atoms with E-state index < -0.39 is 24.8 Å². The zero-order valence-corrected chi connectivity index (χ0v) is 37.8. The highest BCUT2D eigenvalue weighted by Crippen LogP contribution is 2.42. The number of anilines is 5. The monoisotopic (exact) mass is 934 g/mol. The third-order valence-corrected chi connectivity index (χ3v) is 13.6. The lowest BCUT2D eigenvalue weighted by Gasteiger charge is -2.35. The molecule has 2 aliphatic heterocycles. The van der Waals surface area contributed by atoms with Crippen LogP contribution in [0.25, 0.3) is 11.0 Å². The highest BCUT2D eigenvalue weighted by atomic mass is 79.9. The summed E-state index contributed by atoms with van der Waals surface area (Å²) < 4.78 is 35.0. The molecule has 0 spiro atoms. The molecule has 3 aromatic carbocycles. The second kappa shape index (κ2) is 19.5. The summed E-state index contributed by atoms with van der Waals surface area (Å²) in [6.45, 7) is 9.52. The topological polar surface area (TPSA) is 175 Å². The first kappa shape index (κ1) is 44.3. The highest BCUT2D eigenvalue weighted by Gasteiger charge is 2.31. The Hall–Kier alpha value is -4.73. The van der Waals surface area contributed by atoms with Crippen LogP contribution in [0.3, 0.4) is 0 Å². The molecular formula is C43H50BrClFN10O4P. The number of nitrogens with one attached hydrogen (secondary N) is 5. The summed E-state index contributed by atoms with van der Waals surface area (Å²) in [6, 6.07) is 11.2. The number of ether oxygens (including phenoxy) is 1. The van der Waals surface area contributed by atoms with Crippen molar-refractivity contribution in [2.45, 2.75) is 57.4 Å². The molecule has 0 saturated carbocycles. The number of aryl methyl sites for hydroxylation is 1. The van der Waals surface area contributed by atoms with Crippen LogP contribution < -0.4 is 41.5 Å². The van der Waals surface area contributed by atoms with Gasteiger partial charge in [0.1, 0.15) is 30.0 Å². The third-order valence-electron chi connectivity index (χ3n) is 11.1. The van der Waals surface area contributed by atoms with Crippen LogP contribution in [-0.2, 0) is 27.0 Å². The first-order valence-electron chi connectivity index (χ1n) is 20.4. The maximum atomic E-state index is 15.0. The fourth-order valence-electron chi connectivity index (χ4n) is 7.98. The van der Waals surface area contributed by atoms with Crippen LogP contribution in [0.5, 0.6) is 5.75 Å². The fourth-order valence-corrected chi connectivity index (χ4v) is 9.93. The van der Waals surface area contributed by atoms with Crippen LogP contribution in [-0.4, -0.2) is 91.0 Å². The average molecular weight is 936 g/mol. The molecule has 2 fully saturated rings. The Balaban J connectivity index is 0.917. The highest BCUT2D eigenvalue weighted by molar-refractivity contribution is 9.10. The molecule has 18 heteroatoms. The molecule has 1 atom stereocenters. The van der Waals surface area contributed by atoms with E-state index in [1.807, 2.05) is 12.1 Å². The van der Waals surface area contributed by atoms with Crippen LogP contribution >= 0.6 is 34.7 Å². The molecule has 0 aliphatic carbocycles. The van der Waals surface area contributed by atoms with Gasteiger partial charge >= 0.3 is 0 Å². The maximum absolute atomic E-state index is 15.0. The standard InChI is InChI=1S/C43H50BrClFN10O4P/c1-5-25-21-35(53-43-51-24-30(44)41(55-43)52-34-8-7-33-39(50-17-16-49-33)40(34)61(3,4)59)37(60-2)23-36(25)56-18-11-27(12-19-56)48-15-14-47-13-10-26-20-32(46)29(22-31(26)45)28-6-9-38(57)54-42(28)58/h7-8,16-17,20-24,27-28,47-48H,5-6,9-15,18-19H2,1-4H3,(H,54,57,58)(H2,51,52,53,55). The number of hydrogen-bond donors (Lipinski definition) is 5.